The van der Waals surface area contributed by atoms with Crippen molar-refractivity contribution in [2.45, 2.75) is 116 Å². The topological polar surface area (TPSA) is 150 Å². The van der Waals surface area contributed by atoms with E-state index in [1.54, 1.807) is 28.2 Å². The van der Waals surface area contributed by atoms with E-state index in [1.165, 1.54) is 14.0 Å². The summed E-state index contributed by atoms with van der Waals surface area (Å²) in [5.41, 5.74) is -0.141. The zero-order valence-corrected chi connectivity index (χ0v) is 35.4. The van der Waals surface area contributed by atoms with Gasteiger partial charge in [0.2, 0.25) is 11.8 Å². The third-order valence-electron chi connectivity index (χ3n) is 10.7. The molecule has 0 aliphatic carbocycles. The molecule has 0 bridgehead atoms. The second-order valence-corrected chi connectivity index (χ2v) is 17.8. The van der Waals surface area contributed by atoms with Crippen molar-refractivity contribution < 1.29 is 50.3 Å². The Balaban J connectivity index is 2.24. The van der Waals surface area contributed by atoms with Crippen LogP contribution in [-0.2, 0) is 38.5 Å². The highest BCUT2D eigenvalue weighted by molar-refractivity contribution is 7.92. The van der Waals surface area contributed by atoms with Gasteiger partial charge in [0.25, 0.3) is 0 Å². The van der Waals surface area contributed by atoms with Crippen molar-refractivity contribution in [1.29, 1.82) is 0 Å². The fourth-order valence-electron chi connectivity index (χ4n) is 7.46. The van der Waals surface area contributed by atoms with E-state index >= 15 is 0 Å². The number of rotatable bonds is 20. The van der Waals surface area contributed by atoms with Gasteiger partial charge >= 0.3 is 12.1 Å². The molecule has 0 unspecified atom stereocenters. The Hall–Kier alpha value is -3.63. The minimum atomic E-state index is -5.12. The van der Waals surface area contributed by atoms with Gasteiger partial charge < -0.3 is 19.9 Å². The van der Waals surface area contributed by atoms with Crippen molar-refractivity contribution in [2.24, 2.45) is 23.7 Å². The molecule has 1 heterocycles. The molecule has 0 spiro atoms. The normalized spacial score (nSPS) is 18.1. The van der Waals surface area contributed by atoms with Gasteiger partial charge in [-0.1, -0.05) is 54.0 Å². The lowest BCUT2D eigenvalue weighted by Crippen LogP contribution is -2.53. The molecular weight excluding hydrogens is 754 g/mol. The van der Waals surface area contributed by atoms with E-state index in [-0.39, 0.29) is 70.4 Å². The number of amides is 3. The highest BCUT2D eigenvalue weighted by Crippen LogP contribution is 2.30. The number of allylic oxidation sites excluding steroid dienone is 1. The number of alkyl halides is 3. The number of anilines is 1. The first-order valence-electron chi connectivity index (χ1n) is 19.1. The molecule has 1 saturated heterocycles. The Kier molecular flexibility index (Phi) is 17.9. The Morgan fingerprint density at radius 3 is 2.05 bits per heavy atom. The average molecular weight is 815 g/mol. The van der Waals surface area contributed by atoms with Crippen molar-refractivity contribution in [3.63, 3.8) is 0 Å². The maximum absolute atomic E-state index is 14.2. The van der Waals surface area contributed by atoms with E-state index in [0.29, 0.717) is 25.8 Å². The highest BCUT2D eigenvalue weighted by Gasteiger charge is 2.41. The van der Waals surface area contributed by atoms with Crippen LogP contribution < -0.4 is 5.32 Å². The highest BCUT2D eigenvalue weighted by atomic mass is 32.2. The average Bonchev–Trinajstić information content (AvgIpc) is 3.57. The van der Waals surface area contributed by atoms with Crippen molar-refractivity contribution in [2.75, 3.05) is 45.9 Å². The molecule has 6 atom stereocenters. The molecule has 316 valence electrons. The summed E-state index contributed by atoms with van der Waals surface area (Å²) in [7, 11) is 2.70. The van der Waals surface area contributed by atoms with Gasteiger partial charge in [0.05, 0.1) is 35.5 Å². The summed E-state index contributed by atoms with van der Waals surface area (Å²) in [5, 5.41) is 1.63. The number of carbonyl (C=O) groups is 5. The fraction of sp³-hybridized carbons (Fsp3) is 0.675. The number of hydrogen-bond acceptors (Lipinski definition) is 9. The molecule has 1 fully saturated rings. The van der Waals surface area contributed by atoms with Crippen LogP contribution in [0.1, 0.15) is 80.6 Å². The third kappa shape index (κ3) is 12.9. The molecule has 1 N–H and O–H groups in total. The van der Waals surface area contributed by atoms with Crippen LogP contribution in [0.2, 0.25) is 0 Å². The Morgan fingerprint density at radius 2 is 1.57 bits per heavy atom. The lowest BCUT2D eigenvalue weighted by Gasteiger charge is -2.40. The number of likely N-dealkylation sites (N-methyl/N-ethyl adjacent to an activating group) is 2. The van der Waals surface area contributed by atoms with Crippen LogP contribution in [0.5, 0.6) is 0 Å². The van der Waals surface area contributed by atoms with Crippen LogP contribution >= 0.6 is 0 Å². The summed E-state index contributed by atoms with van der Waals surface area (Å²) in [6.45, 7) is 13.7. The Morgan fingerprint density at radius 1 is 0.982 bits per heavy atom. The quantitative estimate of drug-likeness (QED) is 0.167. The van der Waals surface area contributed by atoms with Crippen molar-refractivity contribution >= 4 is 44.8 Å². The van der Waals surface area contributed by atoms with Gasteiger partial charge in [0.1, 0.15) is 5.75 Å². The lowest BCUT2D eigenvalue weighted by atomic mass is 9.83. The summed E-state index contributed by atoms with van der Waals surface area (Å²) in [5.74, 6) is -4.98. The van der Waals surface area contributed by atoms with Crippen LogP contribution in [0.4, 0.5) is 18.9 Å². The summed E-state index contributed by atoms with van der Waals surface area (Å²) < 4.78 is 69.7. The van der Waals surface area contributed by atoms with Crippen LogP contribution in [0.25, 0.3) is 0 Å². The maximum Gasteiger partial charge on any atom is 0.471 e. The van der Waals surface area contributed by atoms with Gasteiger partial charge in [-0.2, -0.15) is 13.2 Å². The molecule has 56 heavy (non-hydrogen) atoms. The molecule has 0 aromatic heterocycles. The molecule has 1 aromatic rings. The molecule has 0 saturated carbocycles. The van der Waals surface area contributed by atoms with E-state index in [4.69, 9.17) is 4.74 Å². The maximum atomic E-state index is 14.2. The molecule has 1 aliphatic heterocycles. The number of ether oxygens (including phenoxy) is 1. The van der Waals surface area contributed by atoms with Crippen LogP contribution in [0.15, 0.2) is 40.8 Å². The van der Waals surface area contributed by atoms with Crippen LogP contribution in [0.3, 0.4) is 0 Å². The van der Waals surface area contributed by atoms with Crippen molar-refractivity contribution in [3.8, 4) is 0 Å². The number of ketones is 2. The zero-order chi connectivity index (χ0) is 42.9. The van der Waals surface area contributed by atoms with Gasteiger partial charge in [0.15, 0.2) is 21.4 Å². The van der Waals surface area contributed by atoms with E-state index in [9.17, 15) is 45.6 Å². The number of hydrogen-bond donors (Lipinski definition) is 1. The molecule has 16 heteroatoms. The third-order valence-corrected chi connectivity index (χ3v) is 12.3. The first kappa shape index (κ1) is 48.5. The molecule has 1 aromatic carbocycles. The van der Waals surface area contributed by atoms with Gasteiger partial charge in [-0.15, -0.1) is 0 Å². The van der Waals surface area contributed by atoms with E-state index in [2.05, 4.69) is 0 Å². The monoisotopic (exact) mass is 814 g/mol. The predicted molar refractivity (Wildman–Crippen MR) is 208 cm³/mol. The van der Waals surface area contributed by atoms with Gasteiger partial charge in [-0.3, -0.25) is 28.9 Å². The van der Waals surface area contributed by atoms with Crippen LogP contribution in [0, 0.1) is 23.7 Å². The first-order valence-corrected chi connectivity index (χ1v) is 20.7. The summed E-state index contributed by atoms with van der Waals surface area (Å²) in [6, 6.07) is 2.68. The number of sulfone groups is 1. The van der Waals surface area contributed by atoms with E-state index < -0.39 is 57.6 Å². The summed E-state index contributed by atoms with van der Waals surface area (Å²) >= 11 is 0. The number of carbonyl (C=O) groups excluding carboxylic acids is 5. The zero-order valence-electron chi connectivity index (χ0n) is 34.6. The van der Waals surface area contributed by atoms with Gasteiger partial charge in [0, 0.05) is 38.7 Å². The van der Waals surface area contributed by atoms with Crippen LogP contribution in [-0.4, -0.2) is 123 Å². The molecule has 2 rings (SSSR count). The fourth-order valence-corrected chi connectivity index (χ4v) is 8.75. The van der Waals surface area contributed by atoms with E-state index in [1.807, 2.05) is 60.5 Å². The lowest BCUT2D eigenvalue weighted by molar-refractivity contribution is -0.167. The molecule has 3 amide bonds. The second kappa shape index (κ2) is 20.7. The number of methoxy groups -OCH3 is 1. The van der Waals surface area contributed by atoms with E-state index in [0.717, 1.165) is 24.3 Å². The molecule has 0 radical (unpaired) electrons. The van der Waals surface area contributed by atoms with Gasteiger partial charge in [-0.25, -0.2) is 8.42 Å². The Bertz CT molecular complexity index is 1670. The SMILES string of the molecule is CC[C@H](C)[C@@H]([C@@H](CC(=O)N1CCC[C@H]1/C=C(\C)C(=O)CS(=O)(=O)c1ccc(NC(=O)C(F)(F)F)cc1)OC)N(C)C(=O)[C@@H](CC(=O)[C@H](C(C)C)N(C)C)C(C)C. The summed E-state index contributed by atoms with van der Waals surface area (Å²) in [4.78, 5) is 70.8. The minimum absolute atomic E-state index is 0.00299. The number of nitrogens with one attached hydrogen (secondary N) is 1. The number of nitrogens with zero attached hydrogens (tertiary/aromatic N) is 3. The standard InChI is InChI=1S/C40H61F3N4O8S/c1-12-26(6)37(46(10)38(51)31(24(2)3)21-32(48)36(25(4)5)45(8)9)34(55-11)22-35(50)47-19-13-14-29(47)20-27(7)33(49)23-56(53,54)30-17-15-28(16-18-30)44-39(52)40(41,42)43/h15-18,20,24-26,29,31,34,36-37H,12-14,19,21-23H2,1-11H3,(H,44,52)/b27-20+/t26-,29-,31-,34+,36-,37-/m0/s1. The second-order valence-electron chi connectivity index (χ2n) is 15.8. The number of likely N-dealkylation sites (tertiary alicyclic amines) is 1. The largest absolute Gasteiger partial charge is 0.471 e. The van der Waals surface area contributed by atoms with Crippen molar-refractivity contribution in [3.05, 3.63) is 35.9 Å². The van der Waals surface area contributed by atoms with Crippen molar-refractivity contribution in [1.82, 2.24) is 14.7 Å². The minimum Gasteiger partial charge on any atom is -0.379 e. The predicted octanol–water partition coefficient (Wildman–Crippen LogP) is 5.56. The van der Waals surface area contributed by atoms with Gasteiger partial charge in [-0.05, 0) is 81.5 Å². The molecular formula is C40H61F3N4O8S. The number of Topliss-reactive ketones (excluding diaryl/α,β-unsaturated/α-hetero) is 2. The number of halogens is 3. The molecule has 12 nitrogen and oxygen atoms in total. The number of benzene rings is 1. The Labute approximate surface area is 330 Å². The summed E-state index contributed by atoms with van der Waals surface area (Å²) in [6.07, 6.45) is -2.34. The smallest absolute Gasteiger partial charge is 0.379 e. The first-order chi connectivity index (χ1) is 25.9. The molecule has 1 aliphatic rings.